The molecule has 0 aliphatic carbocycles. The summed E-state index contributed by atoms with van der Waals surface area (Å²) in [6.45, 7) is 2.01. The van der Waals surface area contributed by atoms with Gasteiger partial charge in [-0.1, -0.05) is 47.1 Å². The lowest BCUT2D eigenvalue weighted by Gasteiger charge is -2.14. The Hall–Kier alpha value is -3.47. The molecule has 36 heavy (non-hydrogen) atoms. The van der Waals surface area contributed by atoms with E-state index in [4.69, 9.17) is 21.1 Å². The number of imide groups is 1. The van der Waals surface area contributed by atoms with Gasteiger partial charge in [-0.15, -0.1) is 0 Å². The van der Waals surface area contributed by atoms with Crippen molar-refractivity contribution in [3.8, 4) is 11.5 Å². The van der Waals surface area contributed by atoms with Crippen LogP contribution in [0, 0.1) is 17.0 Å². The second-order valence-electron chi connectivity index (χ2n) is 7.96. The van der Waals surface area contributed by atoms with Crippen LogP contribution in [0.1, 0.15) is 16.7 Å². The second-order valence-corrected chi connectivity index (χ2v) is 10.5. The van der Waals surface area contributed by atoms with Gasteiger partial charge in [0.15, 0.2) is 11.5 Å². The smallest absolute Gasteiger partial charge is 0.293 e. The van der Waals surface area contributed by atoms with Gasteiger partial charge in [0, 0.05) is 22.1 Å². The molecule has 3 aromatic carbocycles. The fourth-order valence-electron chi connectivity index (χ4n) is 3.62. The number of hydrogen-bond donors (Lipinski definition) is 0. The quantitative estimate of drug-likeness (QED) is 0.194. The Bertz CT molecular complexity index is 1440. The number of nitrogens with zero attached hydrogens (tertiary/aromatic N) is 2. The minimum atomic E-state index is -0.500. The Morgan fingerprint density at radius 2 is 1.83 bits per heavy atom. The normalized spacial score (nSPS) is 15.7. The van der Waals surface area contributed by atoms with E-state index in [2.05, 4.69) is 0 Å². The van der Waals surface area contributed by atoms with Gasteiger partial charge in [0.25, 0.3) is 16.8 Å². The van der Waals surface area contributed by atoms with E-state index in [9.17, 15) is 19.7 Å². The minimum Gasteiger partial charge on any atom is -0.454 e. The molecule has 0 bridgehead atoms. The van der Waals surface area contributed by atoms with Gasteiger partial charge in [-0.25, -0.2) is 0 Å². The topological polar surface area (TPSA) is 99.0 Å². The highest BCUT2D eigenvalue weighted by Gasteiger charge is 2.36. The molecule has 182 valence electrons. The Morgan fingerprint density at radius 3 is 2.56 bits per heavy atom. The van der Waals surface area contributed by atoms with Crippen LogP contribution >= 0.6 is 35.1 Å². The summed E-state index contributed by atoms with van der Waals surface area (Å²) in [5.41, 5.74) is 2.00. The third-order valence-electron chi connectivity index (χ3n) is 5.47. The van der Waals surface area contributed by atoms with Crippen molar-refractivity contribution in [1.82, 2.24) is 4.90 Å². The summed E-state index contributed by atoms with van der Waals surface area (Å²) in [7, 11) is 0. The van der Waals surface area contributed by atoms with E-state index in [1.165, 1.54) is 23.9 Å². The summed E-state index contributed by atoms with van der Waals surface area (Å²) < 4.78 is 10.6. The van der Waals surface area contributed by atoms with Crippen molar-refractivity contribution in [3.63, 3.8) is 0 Å². The molecule has 5 rings (SSSR count). The second kappa shape index (κ2) is 9.88. The van der Waals surface area contributed by atoms with Crippen molar-refractivity contribution in [2.45, 2.75) is 23.3 Å². The number of thioether (sulfide) groups is 1. The fraction of sp³-hybridized carbons (Fsp3) is 0.120. The van der Waals surface area contributed by atoms with Crippen LogP contribution < -0.4 is 9.47 Å². The summed E-state index contributed by atoms with van der Waals surface area (Å²) >= 11 is 8.36. The molecule has 3 aromatic rings. The highest BCUT2D eigenvalue weighted by Crippen LogP contribution is 2.40. The van der Waals surface area contributed by atoms with Gasteiger partial charge < -0.3 is 9.47 Å². The van der Waals surface area contributed by atoms with E-state index >= 15 is 0 Å². The van der Waals surface area contributed by atoms with Crippen LogP contribution in [0.5, 0.6) is 11.5 Å². The van der Waals surface area contributed by atoms with E-state index in [0.29, 0.717) is 32.5 Å². The summed E-state index contributed by atoms with van der Waals surface area (Å²) in [6, 6.07) is 15.6. The molecule has 0 atom stereocenters. The van der Waals surface area contributed by atoms with E-state index in [1.807, 2.05) is 31.2 Å². The lowest BCUT2D eigenvalue weighted by Crippen LogP contribution is -2.27. The summed E-state index contributed by atoms with van der Waals surface area (Å²) in [5.74, 6) is 0.496. The van der Waals surface area contributed by atoms with Crippen LogP contribution in [0.25, 0.3) is 6.08 Å². The number of aryl methyl sites for hydroxylation is 1. The predicted molar refractivity (Wildman–Crippen MR) is 137 cm³/mol. The first-order chi connectivity index (χ1) is 17.3. The first-order valence-corrected chi connectivity index (χ1v) is 12.7. The van der Waals surface area contributed by atoms with Crippen LogP contribution in [0.3, 0.4) is 0 Å². The number of nitro benzene ring substituents is 1. The average molecular weight is 541 g/mol. The zero-order valence-corrected chi connectivity index (χ0v) is 21.1. The van der Waals surface area contributed by atoms with Crippen molar-refractivity contribution in [2.24, 2.45) is 0 Å². The monoisotopic (exact) mass is 540 g/mol. The molecule has 0 aromatic heterocycles. The largest absolute Gasteiger partial charge is 0.454 e. The van der Waals surface area contributed by atoms with E-state index in [0.717, 1.165) is 27.1 Å². The maximum Gasteiger partial charge on any atom is 0.293 e. The lowest BCUT2D eigenvalue weighted by atomic mass is 10.1. The van der Waals surface area contributed by atoms with Crippen LogP contribution in [0.15, 0.2) is 69.3 Å². The Morgan fingerprint density at radius 1 is 1.11 bits per heavy atom. The van der Waals surface area contributed by atoms with Crippen LogP contribution in [0.2, 0.25) is 5.02 Å². The van der Waals surface area contributed by atoms with Crippen LogP contribution in [-0.2, 0) is 11.3 Å². The molecular formula is C25H17ClN2O6S2. The number of rotatable bonds is 6. The summed E-state index contributed by atoms with van der Waals surface area (Å²) in [6.07, 6.45) is 1.49. The molecule has 2 aliphatic heterocycles. The predicted octanol–water partition coefficient (Wildman–Crippen LogP) is 6.67. The third-order valence-corrected chi connectivity index (χ3v) is 7.80. The number of ether oxygens (including phenoxy) is 2. The molecule has 2 amide bonds. The molecule has 2 heterocycles. The van der Waals surface area contributed by atoms with Crippen molar-refractivity contribution in [3.05, 3.63) is 91.3 Å². The van der Waals surface area contributed by atoms with Gasteiger partial charge >= 0.3 is 0 Å². The van der Waals surface area contributed by atoms with E-state index in [-0.39, 0.29) is 23.9 Å². The highest BCUT2D eigenvalue weighted by molar-refractivity contribution is 8.18. The maximum atomic E-state index is 13.0. The highest BCUT2D eigenvalue weighted by atomic mass is 35.5. The first-order valence-electron chi connectivity index (χ1n) is 10.6. The number of amides is 2. The zero-order valence-electron chi connectivity index (χ0n) is 18.7. The lowest BCUT2D eigenvalue weighted by molar-refractivity contribution is -0.387. The summed E-state index contributed by atoms with van der Waals surface area (Å²) in [4.78, 5) is 39.5. The minimum absolute atomic E-state index is 0.0379. The van der Waals surface area contributed by atoms with Gasteiger partial charge in [-0.3, -0.25) is 24.6 Å². The SMILES string of the molecule is Cc1ccc(Sc2ccc(/C=C3\SC(=O)N(Cc4cc5c(cc4Cl)OCO5)C3=O)cc2[N+](=O)[O-])cc1. The number of halogens is 1. The Balaban J connectivity index is 1.37. The van der Waals surface area contributed by atoms with Crippen molar-refractivity contribution >= 4 is 58.0 Å². The number of carbonyl (C=O) groups is 2. The van der Waals surface area contributed by atoms with Crippen LogP contribution in [0.4, 0.5) is 10.5 Å². The number of benzene rings is 3. The average Bonchev–Trinajstić information content (AvgIpc) is 3.40. The van der Waals surface area contributed by atoms with Gasteiger partial charge in [0.05, 0.1) is 21.3 Å². The molecule has 0 N–H and O–H groups in total. The molecule has 0 unspecified atom stereocenters. The first kappa shape index (κ1) is 24.2. The van der Waals surface area contributed by atoms with Crippen molar-refractivity contribution in [1.29, 1.82) is 0 Å². The summed E-state index contributed by atoms with van der Waals surface area (Å²) in [5, 5.41) is 11.6. The van der Waals surface area contributed by atoms with Gasteiger partial charge in [0.1, 0.15) is 0 Å². The van der Waals surface area contributed by atoms with Crippen molar-refractivity contribution < 1.29 is 24.0 Å². The molecule has 1 saturated heterocycles. The van der Waals surface area contributed by atoms with Crippen LogP contribution in [-0.4, -0.2) is 27.8 Å². The van der Waals surface area contributed by atoms with E-state index in [1.54, 1.807) is 24.3 Å². The molecule has 0 saturated carbocycles. The maximum absolute atomic E-state index is 13.0. The number of nitro groups is 1. The van der Waals surface area contributed by atoms with E-state index < -0.39 is 16.1 Å². The Kier molecular flexibility index (Phi) is 6.65. The number of carbonyl (C=O) groups excluding carboxylic acids is 2. The Labute approximate surface area is 219 Å². The zero-order chi connectivity index (χ0) is 25.4. The number of fused-ring (bicyclic) bond motifs is 1. The standard InChI is InChI=1S/C25H17ClN2O6S2/c1-14-2-5-17(6-3-14)35-22-7-4-15(8-19(22)28(31)32)9-23-24(29)27(25(30)36-23)12-16-10-20-21(11-18(16)26)34-13-33-20/h2-11H,12-13H2,1H3/b23-9-. The molecule has 11 heteroatoms. The molecule has 0 radical (unpaired) electrons. The van der Waals surface area contributed by atoms with Gasteiger partial charge in [-0.2, -0.15) is 0 Å². The molecule has 0 spiro atoms. The third kappa shape index (κ3) is 4.92. The van der Waals surface area contributed by atoms with Crippen molar-refractivity contribution in [2.75, 3.05) is 6.79 Å². The molecule has 8 nitrogen and oxygen atoms in total. The van der Waals surface area contributed by atoms with Gasteiger partial charge in [0.2, 0.25) is 6.79 Å². The van der Waals surface area contributed by atoms with Gasteiger partial charge in [-0.05, 0) is 60.2 Å². The fourth-order valence-corrected chi connectivity index (χ4v) is 5.58. The number of hydrogen-bond acceptors (Lipinski definition) is 8. The molecular weight excluding hydrogens is 524 g/mol. The molecule has 2 aliphatic rings. The molecule has 1 fully saturated rings.